The van der Waals surface area contributed by atoms with Crippen molar-refractivity contribution < 1.29 is 9.53 Å². The molecule has 0 aliphatic carbocycles. The first-order valence-corrected chi connectivity index (χ1v) is 9.02. The third-order valence-corrected chi connectivity index (χ3v) is 4.66. The van der Waals surface area contributed by atoms with Crippen molar-refractivity contribution in [1.82, 2.24) is 24.7 Å². The van der Waals surface area contributed by atoms with Gasteiger partial charge in [0.05, 0.1) is 43.2 Å². The van der Waals surface area contributed by atoms with Crippen molar-refractivity contribution in [3.8, 4) is 5.75 Å². The lowest BCUT2D eigenvalue weighted by Gasteiger charge is -2.11. The van der Waals surface area contributed by atoms with Gasteiger partial charge in [-0.1, -0.05) is 30.3 Å². The number of carbonyl (C=O) groups excluding carboxylic acids is 1. The average Bonchev–Trinajstić information content (AvgIpc) is 3.35. The first kappa shape index (κ1) is 17.8. The molecule has 3 heterocycles. The molecule has 0 saturated heterocycles. The highest BCUT2D eigenvalue weighted by atomic mass is 16.5. The molecule has 0 bridgehead atoms. The maximum atomic E-state index is 12.8. The van der Waals surface area contributed by atoms with Crippen LogP contribution in [0.15, 0.2) is 67.3 Å². The normalized spacial score (nSPS) is 12.1. The summed E-state index contributed by atoms with van der Waals surface area (Å²) in [6.07, 6.45) is 7.07. The molecule has 0 radical (unpaired) electrons. The van der Waals surface area contributed by atoms with Crippen molar-refractivity contribution in [3.05, 3.63) is 83.9 Å². The van der Waals surface area contributed by atoms with Gasteiger partial charge in [0.1, 0.15) is 5.75 Å². The molecule has 0 saturated carbocycles. The van der Waals surface area contributed by atoms with Crippen LogP contribution in [0.3, 0.4) is 0 Å². The number of rotatable bonds is 6. The summed E-state index contributed by atoms with van der Waals surface area (Å²) in [5.74, 6) is 0.490. The van der Waals surface area contributed by atoms with Crippen LogP contribution in [0.1, 0.15) is 34.5 Å². The zero-order valence-corrected chi connectivity index (χ0v) is 15.7. The standard InChI is InChI=1S/C21H21N5O2/c1-15(17-11-22-25(14-17)13-16-6-4-3-5-7-16)24-21(27)19-12-23-26-9-8-18(28-2)10-20(19)26/h3-12,14-15H,13H2,1-2H3,(H,24,27). The van der Waals surface area contributed by atoms with Crippen LogP contribution < -0.4 is 10.1 Å². The molecular formula is C21H21N5O2. The van der Waals surface area contributed by atoms with Crippen molar-refractivity contribution in [3.63, 3.8) is 0 Å². The van der Waals surface area contributed by atoms with Crippen molar-refractivity contribution in [2.75, 3.05) is 7.11 Å². The summed E-state index contributed by atoms with van der Waals surface area (Å²) in [5, 5.41) is 11.7. The number of nitrogens with one attached hydrogen (secondary N) is 1. The van der Waals surface area contributed by atoms with Crippen molar-refractivity contribution in [1.29, 1.82) is 0 Å². The van der Waals surface area contributed by atoms with Crippen LogP contribution in [0.2, 0.25) is 0 Å². The quantitative estimate of drug-likeness (QED) is 0.562. The lowest BCUT2D eigenvalue weighted by molar-refractivity contribution is 0.0941. The number of amides is 1. The van der Waals surface area contributed by atoms with Crippen molar-refractivity contribution in [2.45, 2.75) is 19.5 Å². The van der Waals surface area contributed by atoms with E-state index in [9.17, 15) is 4.79 Å². The Bertz CT molecular complexity index is 1100. The second-order valence-corrected chi connectivity index (χ2v) is 6.61. The number of aromatic nitrogens is 4. The van der Waals surface area contributed by atoms with Gasteiger partial charge in [-0.2, -0.15) is 10.2 Å². The third kappa shape index (κ3) is 3.59. The van der Waals surface area contributed by atoms with Crippen LogP contribution in [-0.4, -0.2) is 32.4 Å². The number of hydrogen-bond donors (Lipinski definition) is 1. The Hall–Kier alpha value is -3.61. The molecule has 4 aromatic rings. The number of fused-ring (bicyclic) bond motifs is 1. The minimum atomic E-state index is -0.188. The average molecular weight is 375 g/mol. The van der Waals surface area contributed by atoms with Gasteiger partial charge in [0.25, 0.3) is 5.91 Å². The van der Waals surface area contributed by atoms with Crippen molar-refractivity contribution >= 4 is 11.4 Å². The number of carbonyl (C=O) groups is 1. The summed E-state index contributed by atoms with van der Waals surface area (Å²) >= 11 is 0. The number of methoxy groups -OCH3 is 1. The fourth-order valence-corrected chi connectivity index (χ4v) is 3.08. The molecule has 0 aliphatic rings. The third-order valence-electron chi connectivity index (χ3n) is 4.66. The van der Waals surface area contributed by atoms with E-state index in [1.807, 2.05) is 36.0 Å². The zero-order chi connectivity index (χ0) is 19.5. The number of hydrogen-bond acceptors (Lipinski definition) is 4. The molecule has 142 valence electrons. The summed E-state index contributed by atoms with van der Waals surface area (Å²) in [5.41, 5.74) is 3.32. The Morgan fingerprint density at radius 3 is 2.79 bits per heavy atom. The first-order chi connectivity index (χ1) is 13.6. The van der Waals surface area contributed by atoms with Crippen LogP contribution in [0.25, 0.3) is 5.52 Å². The van der Waals surface area contributed by atoms with Gasteiger partial charge < -0.3 is 10.1 Å². The minimum absolute atomic E-state index is 0.183. The van der Waals surface area contributed by atoms with Gasteiger partial charge >= 0.3 is 0 Å². The molecule has 1 amide bonds. The van der Waals surface area contributed by atoms with E-state index < -0.39 is 0 Å². The fourth-order valence-electron chi connectivity index (χ4n) is 3.08. The van der Waals surface area contributed by atoms with E-state index in [4.69, 9.17) is 4.74 Å². The smallest absolute Gasteiger partial charge is 0.255 e. The van der Waals surface area contributed by atoms with Gasteiger partial charge in [-0.3, -0.25) is 9.48 Å². The van der Waals surface area contributed by atoms with Crippen LogP contribution in [-0.2, 0) is 6.54 Å². The molecule has 1 aromatic carbocycles. The molecule has 0 spiro atoms. The molecule has 7 heteroatoms. The van der Waals surface area contributed by atoms with E-state index in [0.29, 0.717) is 23.4 Å². The summed E-state index contributed by atoms with van der Waals surface area (Å²) in [7, 11) is 1.59. The Morgan fingerprint density at radius 2 is 2.00 bits per heavy atom. The van der Waals surface area contributed by atoms with E-state index in [-0.39, 0.29) is 11.9 Å². The number of benzene rings is 1. The summed E-state index contributed by atoms with van der Waals surface area (Å²) in [6, 6.07) is 13.5. The van der Waals surface area contributed by atoms with Crippen LogP contribution in [0.4, 0.5) is 0 Å². The van der Waals surface area contributed by atoms with Gasteiger partial charge in [0.2, 0.25) is 0 Å². The highest BCUT2D eigenvalue weighted by Crippen LogP contribution is 2.19. The highest BCUT2D eigenvalue weighted by molar-refractivity contribution is 6.00. The molecule has 4 rings (SSSR count). The number of nitrogens with zero attached hydrogens (tertiary/aromatic N) is 4. The van der Waals surface area contributed by atoms with Gasteiger partial charge in [0.15, 0.2) is 0 Å². The molecule has 7 nitrogen and oxygen atoms in total. The van der Waals surface area contributed by atoms with E-state index >= 15 is 0 Å². The molecule has 1 atom stereocenters. The van der Waals surface area contributed by atoms with Crippen LogP contribution >= 0.6 is 0 Å². The molecule has 0 fully saturated rings. The first-order valence-electron chi connectivity index (χ1n) is 9.02. The SMILES string of the molecule is COc1ccn2ncc(C(=O)NC(C)c3cnn(Cc4ccccc4)c3)c2c1. The largest absolute Gasteiger partial charge is 0.497 e. The Morgan fingerprint density at radius 1 is 1.18 bits per heavy atom. The second kappa shape index (κ2) is 7.56. The van der Waals surface area contributed by atoms with Gasteiger partial charge in [0, 0.05) is 24.0 Å². The maximum Gasteiger partial charge on any atom is 0.255 e. The van der Waals surface area contributed by atoms with Crippen molar-refractivity contribution in [2.24, 2.45) is 0 Å². The van der Waals surface area contributed by atoms with Crippen LogP contribution in [0.5, 0.6) is 5.75 Å². The topological polar surface area (TPSA) is 73.5 Å². The highest BCUT2D eigenvalue weighted by Gasteiger charge is 2.17. The molecule has 3 aromatic heterocycles. The fraction of sp³-hybridized carbons (Fsp3) is 0.190. The lowest BCUT2D eigenvalue weighted by Crippen LogP contribution is -2.26. The van der Waals surface area contributed by atoms with Gasteiger partial charge in [-0.05, 0) is 18.6 Å². The van der Waals surface area contributed by atoms with E-state index in [1.54, 1.807) is 42.3 Å². The van der Waals surface area contributed by atoms with E-state index in [0.717, 1.165) is 5.56 Å². The predicted molar refractivity (Wildman–Crippen MR) is 105 cm³/mol. The van der Waals surface area contributed by atoms with Crippen LogP contribution in [0, 0.1) is 0 Å². The summed E-state index contributed by atoms with van der Waals surface area (Å²) in [4.78, 5) is 12.8. The number of ether oxygens (including phenoxy) is 1. The zero-order valence-electron chi connectivity index (χ0n) is 15.7. The monoisotopic (exact) mass is 375 g/mol. The predicted octanol–water partition coefficient (Wildman–Crippen LogP) is 3.08. The molecule has 1 unspecified atom stereocenters. The second-order valence-electron chi connectivity index (χ2n) is 6.61. The van der Waals surface area contributed by atoms with E-state index in [2.05, 4.69) is 27.6 Å². The molecule has 28 heavy (non-hydrogen) atoms. The van der Waals surface area contributed by atoms with E-state index in [1.165, 1.54) is 5.56 Å². The van der Waals surface area contributed by atoms with Gasteiger partial charge in [-0.15, -0.1) is 0 Å². The lowest BCUT2D eigenvalue weighted by atomic mass is 10.1. The van der Waals surface area contributed by atoms with Gasteiger partial charge in [-0.25, -0.2) is 4.52 Å². The number of pyridine rings is 1. The summed E-state index contributed by atoms with van der Waals surface area (Å²) < 4.78 is 8.77. The molecule has 1 N–H and O–H groups in total. The summed E-state index contributed by atoms with van der Waals surface area (Å²) in [6.45, 7) is 2.63. The maximum absolute atomic E-state index is 12.8. The Labute approximate surface area is 162 Å². The minimum Gasteiger partial charge on any atom is -0.497 e. The molecular weight excluding hydrogens is 354 g/mol. The Balaban J connectivity index is 1.48. The Kier molecular flexibility index (Phi) is 4.80. The molecule has 0 aliphatic heterocycles.